The molecule has 6 aromatic carbocycles. The number of aromatic hydroxyl groups is 1. The van der Waals surface area contributed by atoms with Crippen LogP contribution in [0.25, 0.3) is 55.7 Å². The zero-order chi connectivity index (χ0) is 37.8. The van der Waals surface area contributed by atoms with E-state index >= 15 is 0 Å². The standard InChI is InChI=1S/C49H44N3O2.Pt/c1-31-20-21-32(26-39(31)41-28-35(49(5,6)7)25-33-15-14-24-50-45(33)41)40-29-38(52(36-16-10-8-11-17-36)37-18-12-9-13-19-37)30-44-46(40)51-47(54-44)42-27-34(48(2,3)4)22-23-43(42)53;/h8-25,27-30,53H,1-7H3;/q-1;. The van der Waals surface area contributed by atoms with Gasteiger partial charge in [-0.15, -0.1) is 34.9 Å². The van der Waals surface area contributed by atoms with Gasteiger partial charge in [0.15, 0.2) is 0 Å². The van der Waals surface area contributed by atoms with Crippen LogP contribution in [-0.4, -0.2) is 15.1 Å². The summed E-state index contributed by atoms with van der Waals surface area (Å²) in [4.78, 5) is 12.2. The first-order valence-electron chi connectivity index (χ1n) is 18.5. The molecule has 6 heteroatoms. The number of nitrogens with zero attached hydrogens (tertiary/aromatic N) is 3. The molecule has 2 heterocycles. The molecule has 5 nitrogen and oxygen atoms in total. The zero-order valence-corrected chi connectivity index (χ0v) is 34.5. The smallest absolute Gasteiger partial charge is 0.230 e. The van der Waals surface area contributed by atoms with Gasteiger partial charge in [-0.3, -0.25) is 4.98 Å². The van der Waals surface area contributed by atoms with Crippen molar-refractivity contribution in [3.05, 3.63) is 156 Å². The number of phenols is 1. The maximum Gasteiger partial charge on any atom is 0.230 e. The number of anilines is 3. The molecule has 0 saturated heterocycles. The SMILES string of the molecule is Cc1ccc(-c2cc(N(c3ccccc3)c3ccccc3)cc3oc(-c4cc(C(C)(C)C)ccc4O)nc23)[c-]c1-c1cc(C(C)(C)C)cc2cccnc12.[Pt]. The van der Waals surface area contributed by atoms with Crippen molar-refractivity contribution >= 4 is 39.1 Å². The van der Waals surface area contributed by atoms with E-state index in [-0.39, 0.29) is 37.6 Å². The molecule has 0 radical (unpaired) electrons. The summed E-state index contributed by atoms with van der Waals surface area (Å²) in [5.74, 6) is 0.479. The van der Waals surface area contributed by atoms with E-state index in [2.05, 4.69) is 120 Å². The number of para-hydroxylation sites is 2. The average molecular weight is 902 g/mol. The maximum atomic E-state index is 11.1. The summed E-state index contributed by atoms with van der Waals surface area (Å²) in [6.45, 7) is 15.3. The summed E-state index contributed by atoms with van der Waals surface area (Å²) in [6, 6.07) is 47.3. The van der Waals surface area contributed by atoms with E-state index in [1.54, 1.807) is 6.07 Å². The van der Waals surface area contributed by atoms with Crippen LogP contribution >= 0.6 is 0 Å². The Hall–Kier alpha value is -5.51. The van der Waals surface area contributed by atoms with Crippen LogP contribution < -0.4 is 4.90 Å². The van der Waals surface area contributed by atoms with Gasteiger partial charge in [0.25, 0.3) is 0 Å². The third-order valence-corrected chi connectivity index (χ3v) is 10.1. The third kappa shape index (κ3) is 7.34. The largest absolute Gasteiger partial charge is 0.507 e. The molecule has 0 aliphatic carbocycles. The van der Waals surface area contributed by atoms with Gasteiger partial charge in [-0.05, 0) is 69.8 Å². The molecule has 1 N–H and O–H groups in total. The molecule has 8 rings (SSSR count). The Balaban J connectivity index is 0.00000465. The van der Waals surface area contributed by atoms with Crippen molar-refractivity contribution in [1.29, 1.82) is 0 Å². The molecule has 0 amide bonds. The van der Waals surface area contributed by atoms with Crippen molar-refractivity contribution in [2.45, 2.75) is 59.3 Å². The molecule has 278 valence electrons. The second-order valence-corrected chi connectivity index (χ2v) is 16.1. The van der Waals surface area contributed by atoms with Gasteiger partial charge in [0.05, 0.1) is 11.1 Å². The number of rotatable bonds is 6. The quantitative estimate of drug-likeness (QED) is 0.168. The van der Waals surface area contributed by atoms with Crippen LogP contribution in [0.1, 0.15) is 58.2 Å². The first-order chi connectivity index (χ1) is 25.8. The van der Waals surface area contributed by atoms with Crippen molar-refractivity contribution in [2.75, 3.05) is 4.90 Å². The molecule has 2 aromatic heterocycles. The van der Waals surface area contributed by atoms with Crippen molar-refractivity contribution < 1.29 is 30.6 Å². The molecule has 0 atom stereocenters. The van der Waals surface area contributed by atoms with Gasteiger partial charge in [-0.2, -0.15) is 0 Å². The van der Waals surface area contributed by atoms with E-state index in [1.165, 1.54) is 5.56 Å². The molecule has 8 aromatic rings. The van der Waals surface area contributed by atoms with Crippen molar-refractivity contribution in [3.8, 4) is 39.5 Å². The minimum atomic E-state index is -0.130. The molecule has 55 heavy (non-hydrogen) atoms. The molecule has 0 aliphatic rings. The van der Waals surface area contributed by atoms with Crippen LogP contribution in [0.3, 0.4) is 0 Å². The molecule has 0 bridgehead atoms. The summed E-state index contributed by atoms with van der Waals surface area (Å²) >= 11 is 0. The minimum Gasteiger partial charge on any atom is -0.507 e. The number of aromatic nitrogens is 2. The van der Waals surface area contributed by atoms with E-state index in [0.29, 0.717) is 22.6 Å². The second kappa shape index (κ2) is 14.6. The van der Waals surface area contributed by atoms with Crippen LogP contribution in [0.15, 0.2) is 138 Å². The fraction of sp³-hybridized carbons (Fsp3) is 0.184. The Kier molecular flexibility index (Phi) is 10.0. The Morgan fingerprint density at radius 3 is 1.93 bits per heavy atom. The Morgan fingerprint density at radius 2 is 1.27 bits per heavy atom. The Morgan fingerprint density at radius 1 is 0.618 bits per heavy atom. The van der Waals surface area contributed by atoms with E-state index in [1.807, 2.05) is 66.9 Å². The van der Waals surface area contributed by atoms with Crippen molar-refractivity contribution in [2.24, 2.45) is 0 Å². The van der Waals surface area contributed by atoms with Gasteiger partial charge >= 0.3 is 0 Å². The van der Waals surface area contributed by atoms with Gasteiger partial charge in [0.2, 0.25) is 5.89 Å². The number of phenolic OH excluding ortho intramolecular Hbond substituents is 1. The van der Waals surface area contributed by atoms with Crippen LogP contribution in [0.5, 0.6) is 5.75 Å². The minimum absolute atomic E-state index is 0. The van der Waals surface area contributed by atoms with E-state index in [9.17, 15) is 5.11 Å². The fourth-order valence-corrected chi connectivity index (χ4v) is 7.06. The molecule has 0 fully saturated rings. The number of fused-ring (bicyclic) bond motifs is 2. The normalized spacial score (nSPS) is 11.8. The van der Waals surface area contributed by atoms with Gasteiger partial charge in [-0.1, -0.05) is 126 Å². The van der Waals surface area contributed by atoms with Crippen LogP contribution in [0.2, 0.25) is 0 Å². The van der Waals surface area contributed by atoms with Crippen LogP contribution in [0.4, 0.5) is 17.1 Å². The molecular weight excluding hydrogens is 858 g/mol. The molecule has 0 saturated carbocycles. The van der Waals surface area contributed by atoms with Crippen LogP contribution in [0, 0.1) is 13.0 Å². The van der Waals surface area contributed by atoms with Gasteiger partial charge in [-0.25, -0.2) is 4.98 Å². The summed E-state index contributed by atoms with van der Waals surface area (Å²) in [5.41, 5.74) is 12.7. The molecule has 0 unspecified atom stereocenters. The number of pyridine rings is 1. The van der Waals surface area contributed by atoms with Crippen molar-refractivity contribution in [1.82, 2.24) is 9.97 Å². The third-order valence-electron chi connectivity index (χ3n) is 10.1. The number of oxazole rings is 1. The number of hydrogen-bond donors (Lipinski definition) is 1. The zero-order valence-electron chi connectivity index (χ0n) is 32.2. The first kappa shape index (κ1) is 37.8. The number of benzene rings is 6. The Bertz CT molecular complexity index is 2610. The van der Waals surface area contributed by atoms with E-state index < -0.39 is 0 Å². The summed E-state index contributed by atoms with van der Waals surface area (Å²) in [6.07, 6.45) is 1.86. The second-order valence-electron chi connectivity index (χ2n) is 16.1. The van der Waals surface area contributed by atoms with Gasteiger partial charge < -0.3 is 14.4 Å². The monoisotopic (exact) mass is 901 g/mol. The van der Waals surface area contributed by atoms with Crippen LogP contribution in [-0.2, 0) is 31.9 Å². The van der Waals surface area contributed by atoms with Gasteiger partial charge in [0, 0.05) is 55.9 Å². The summed E-state index contributed by atoms with van der Waals surface area (Å²) in [7, 11) is 0. The predicted molar refractivity (Wildman–Crippen MR) is 223 cm³/mol. The average Bonchev–Trinajstić information content (AvgIpc) is 3.59. The number of hydrogen-bond acceptors (Lipinski definition) is 5. The van der Waals surface area contributed by atoms with E-state index in [0.717, 1.165) is 61.3 Å². The molecular formula is C49H44N3O2Pt-. The molecule has 0 aliphatic heterocycles. The number of aryl methyl sites for hydroxylation is 1. The predicted octanol–water partition coefficient (Wildman–Crippen LogP) is 13.3. The Labute approximate surface area is 338 Å². The maximum absolute atomic E-state index is 11.1. The first-order valence-corrected chi connectivity index (χ1v) is 18.5. The van der Waals surface area contributed by atoms with E-state index in [4.69, 9.17) is 14.4 Å². The summed E-state index contributed by atoms with van der Waals surface area (Å²) in [5, 5.41) is 12.2. The van der Waals surface area contributed by atoms with Crippen molar-refractivity contribution in [3.63, 3.8) is 0 Å². The van der Waals surface area contributed by atoms with Gasteiger partial charge in [0.1, 0.15) is 11.3 Å². The topological polar surface area (TPSA) is 62.4 Å². The fourth-order valence-electron chi connectivity index (χ4n) is 7.06. The molecule has 0 spiro atoms. The summed E-state index contributed by atoms with van der Waals surface area (Å²) < 4.78 is 6.66.